The molecule has 8 aliphatic heterocycles. The van der Waals surface area contributed by atoms with Crippen molar-refractivity contribution < 1.29 is 9.47 Å². The molecule has 0 saturated carbocycles. The maximum Gasteiger partial charge on any atom is 0.256 e. The van der Waals surface area contributed by atoms with Gasteiger partial charge in [0.05, 0.1) is 11.0 Å². The maximum atomic E-state index is 7.67. The summed E-state index contributed by atoms with van der Waals surface area (Å²) < 4.78 is 17.8. The highest BCUT2D eigenvalue weighted by molar-refractivity contribution is 7.05. The second-order valence-corrected chi connectivity index (χ2v) is 24.9. The third-order valence-corrected chi connectivity index (χ3v) is 20.8. The molecule has 11 heteroatoms. The lowest BCUT2D eigenvalue weighted by molar-refractivity contribution is 0.488. The number of para-hydroxylation sites is 9. The molecule has 0 saturated heterocycles. The monoisotopic (exact) mass is 1130 g/mol. The van der Waals surface area contributed by atoms with Crippen LogP contribution in [0.3, 0.4) is 0 Å². The normalized spacial score (nSPS) is 14.5. The van der Waals surface area contributed by atoms with Gasteiger partial charge in [-0.3, -0.25) is 0 Å². The smallest absolute Gasteiger partial charge is 0.256 e. The van der Waals surface area contributed by atoms with Crippen LogP contribution in [0.25, 0.3) is 27.5 Å². The van der Waals surface area contributed by atoms with E-state index < -0.39 is 0 Å². The van der Waals surface area contributed by atoms with Crippen LogP contribution in [-0.2, 0) is 0 Å². The Hall–Kier alpha value is -11.3. The topological polar surface area (TPSA) is 36.4 Å². The number of anilines is 12. The molecular weight excluding hydrogens is 1080 g/mol. The summed E-state index contributed by atoms with van der Waals surface area (Å²) in [5.41, 5.74) is 32.4. The van der Waals surface area contributed by atoms with E-state index in [1.807, 2.05) is 0 Å². The van der Waals surface area contributed by atoms with Crippen molar-refractivity contribution in [2.75, 3.05) is 19.6 Å². The molecule has 22 rings (SSSR count). The number of hydrogen-bond acceptors (Lipinski definition) is 6. The molecule has 0 aliphatic carbocycles. The highest BCUT2D eigenvalue weighted by atomic mass is 16.5. The van der Waals surface area contributed by atoms with Gasteiger partial charge in [-0.2, -0.15) is 0 Å². The molecule has 0 spiro atoms. The highest BCUT2D eigenvalue weighted by Gasteiger charge is 2.54. The zero-order valence-electron chi connectivity index (χ0n) is 47.8. The number of hydrogen-bond donors (Lipinski definition) is 0. The third kappa shape index (κ3) is 5.84. The van der Waals surface area contributed by atoms with Gasteiger partial charge >= 0.3 is 0 Å². The minimum absolute atomic E-state index is 0.00217. The zero-order valence-corrected chi connectivity index (χ0v) is 47.8. The summed E-state index contributed by atoms with van der Waals surface area (Å²) in [5, 5.41) is 2.34. The lowest BCUT2D eigenvalue weighted by Gasteiger charge is -2.49. The van der Waals surface area contributed by atoms with Gasteiger partial charge in [-0.1, -0.05) is 176 Å². The van der Waals surface area contributed by atoms with Gasteiger partial charge in [0.25, 0.3) is 26.9 Å². The molecule has 0 radical (unpaired) electrons. The molecule has 89 heavy (non-hydrogen) atoms. The van der Waals surface area contributed by atoms with Gasteiger partial charge in [0.2, 0.25) is 0 Å². The van der Waals surface area contributed by atoms with Crippen molar-refractivity contribution in [3.8, 4) is 28.7 Å². The van der Waals surface area contributed by atoms with Gasteiger partial charge in [-0.15, -0.1) is 0 Å². The number of rotatable bonds is 3. The van der Waals surface area contributed by atoms with Crippen LogP contribution in [-0.4, -0.2) is 31.4 Å². The first kappa shape index (κ1) is 46.9. The Labute approximate surface area is 514 Å². The van der Waals surface area contributed by atoms with E-state index in [2.05, 4.69) is 297 Å². The largest absolute Gasteiger partial charge is 0.458 e. The van der Waals surface area contributed by atoms with Crippen molar-refractivity contribution in [1.29, 1.82) is 0 Å². The van der Waals surface area contributed by atoms with E-state index in [1.165, 1.54) is 111 Å². The molecular formula is C78H45B4N5O2. The second kappa shape index (κ2) is 16.8. The van der Waals surface area contributed by atoms with Crippen molar-refractivity contribution in [2.45, 2.75) is 0 Å². The van der Waals surface area contributed by atoms with Crippen LogP contribution in [0.1, 0.15) is 0 Å². The van der Waals surface area contributed by atoms with Crippen molar-refractivity contribution in [1.82, 2.24) is 4.57 Å². The van der Waals surface area contributed by atoms with Gasteiger partial charge in [0.15, 0.2) is 0 Å². The van der Waals surface area contributed by atoms with E-state index in [9.17, 15) is 0 Å². The molecule has 0 fully saturated rings. The molecule has 0 atom stereocenters. The standard InChI is InChI=1S/C78H45B4N5O2/c1-4-22-46(23-5-1)83-59-34-16-10-28-51(59)79-53-30-12-18-36-61(53)86-63-38-20-14-32-55(63)81-57-40-49-50-41-58-70(43-66(50)85(48-26-8-3-9-27-48)65(49)42-69(57)88-71-44-67(83)73(79)77(86)75(71)81)89-72-45-68-74-78-76(72)82(58)56-33-15-21-39-64(56)87(78)62-37-19-13-31-54(62)80(74)52-29-11-17-35-60(52)84(68)47-24-6-2-7-25-47/h1-45H. The molecule has 406 valence electrons. The van der Waals surface area contributed by atoms with Crippen LogP contribution in [0.15, 0.2) is 273 Å². The lowest BCUT2D eigenvalue weighted by Crippen LogP contribution is -2.68. The molecule has 14 aromatic rings. The number of nitrogens with zero attached hydrogens (tertiary/aromatic N) is 5. The Morgan fingerprint density at radius 3 is 0.865 bits per heavy atom. The summed E-state index contributed by atoms with van der Waals surface area (Å²) in [6.07, 6.45) is 0. The first-order valence-electron chi connectivity index (χ1n) is 31.0. The van der Waals surface area contributed by atoms with E-state index in [4.69, 9.17) is 9.47 Å². The molecule has 0 amide bonds. The van der Waals surface area contributed by atoms with E-state index in [-0.39, 0.29) is 26.9 Å². The Balaban J connectivity index is 0.810. The van der Waals surface area contributed by atoms with Crippen LogP contribution in [0.5, 0.6) is 23.0 Å². The Kier molecular flexibility index (Phi) is 8.87. The SMILES string of the molecule is c1ccc(N2c3ccccc3B3c4ccccc4N4c5ccccc5B5c6cc7c8cc9c(cc8n(-c8ccccc8)c7cc6Oc6cc2c3c4c65)Oc2cc3c4c5c2B9c2ccccc2N5c2ccccc2B4c2ccccc2N3c2ccccc2)cc1. The fraction of sp³-hybridized carbons (Fsp3) is 0. The van der Waals surface area contributed by atoms with Gasteiger partial charge in [-0.05, 0) is 138 Å². The molecule has 0 bridgehead atoms. The first-order valence-corrected chi connectivity index (χ1v) is 31.0. The summed E-state index contributed by atoms with van der Waals surface area (Å²) in [7, 11) is 0. The molecule has 0 N–H and O–H groups in total. The van der Waals surface area contributed by atoms with Crippen molar-refractivity contribution in [3.05, 3.63) is 273 Å². The molecule has 8 aliphatic rings. The van der Waals surface area contributed by atoms with Gasteiger partial charge in [0, 0.05) is 109 Å². The summed E-state index contributed by atoms with van der Waals surface area (Å²) in [6, 6.07) is 101. The van der Waals surface area contributed by atoms with Crippen molar-refractivity contribution in [2.24, 2.45) is 0 Å². The van der Waals surface area contributed by atoms with E-state index in [0.717, 1.165) is 73.4 Å². The number of ether oxygens (including phenoxy) is 2. The van der Waals surface area contributed by atoms with Crippen molar-refractivity contribution in [3.63, 3.8) is 0 Å². The maximum absolute atomic E-state index is 7.67. The quantitative estimate of drug-likeness (QED) is 0.164. The Morgan fingerprint density at radius 1 is 0.225 bits per heavy atom. The second-order valence-electron chi connectivity index (χ2n) is 24.9. The van der Waals surface area contributed by atoms with Gasteiger partial charge in [-0.25, -0.2) is 0 Å². The number of fused-ring (bicyclic) bond motifs is 23. The Morgan fingerprint density at radius 2 is 0.517 bits per heavy atom. The van der Waals surface area contributed by atoms with Crippen LogP contribution >= 0.6 is 0 Å². The predicted molar refractivity (Wildman–Crippen MR) is 371 cm³/mol. The fourth-order valence-corrected chi connectivity index (χ4v) is 17.5. The number of benzene rings is 13. The zero-order chi connectivity index (χ0) is 57.5. The van der Waals surface area contributed by atoms with E-state index in [1.54, 1.807) is 0 Å². The summed E-state index contributed by atoms with van der Waals surface area (Å²) in [6.45, 7) is -0.257. The lowest BCUT2D eigenvalue weighted by atomic mass is 9.29. The molecule has 9 heterocycles. The summed E-state index contributed by atoms with van der Waals surface area (Å²) >= 11 is 0. The van der Waals surface area contributed by atoms with E-state index in [0.29, 0.717) is 0 Å². The van der Waals surface area contributed by atoms with Crippen LogP contribution < -0.4 is 94.6 Å². The molecule has 1 aromatic heterocycles. The van der Waals surface area contributed by atoms with Crippen LogP contribution in [0.4, 0.5) is 68.2 Å². The minimum atomic E-state index is -0.131. The van der Waals surface area contributed by atoms with Gasteiger partial charge in [0.1, 0.15) is 23.0 Å². The van der Waals surface area contributed by atoms with Crippen LogP contribution in [0, 0.1) is 0 Å². The minimum Gasteiger partial charge on any atom is -0.458 e. The summed E-state index contributed by atoms with van der Waals surface area (Å²) in [4.78, 5) is 10.1. The average molecular weight is 1130 g/mol. The predicted octanol–water partition coefficient (Wildman–Crippen LogP) is 10.8. The van der Waals surface area contributed by atoms with Crippen molar-refractivity contribution >= 4 is 182 Å². The summed E-state index contributed by atoms with van der Waals surface area (Å²) in [5.74, 6) is 3.48. The molecule has 0 unspecified atom stereocenters. The van der Waals surface area contributed by atoms with Crippen LogP contribution in [0.2, 0.25) is 0 Å². The first-order chi connectivity index (χ1) is 44.2. The van der Waals surface area contributed by atoms with E-state index >= 15 is 0 Å². The van der Waals surface area contributed by atoms with Gasteiger partial charge < -0.3 is 33.6 Å². The molecule has 13 aromatic carbocycles. The highest BCUT2D eigenvalue weighted by Crippen LogP contribution is 2.52. The Bertz CT molecular complexity index is 5200. The third-order valence-electron chi connectivity index (χ3n) is 20.8. The average Bonchev–Trinajstić information content (AvgIpc) is 0.954. The molecule has 7 nitrogen and oxygen atoms in total. The number of aromatic nitrogens is 1. The fourth-order valence-electron chi connectivity index (χ4n) is 17.5.